The van der Waals surface area contributed by atoms with Crippen LogP contribution in [-0.4, -0.2) is 20.0 Å². The predicted octanol–water partition coefficient (Wildman–Crippen LogP) is 3.90. The number of benzene rings is 2. The molecule has 2 aromatic rings. The van der Waals surface area contributed by atoms with E-state index in [9.17, 15) is 4.79 Å². The molecule has 0 aromatic heterocycles. The summed E-state index contributed by atoms with van der Waals surface area (Å²) in [5.41, 5.74) is 2.63. The summed E-state index contributed by atoms with van der Waals surface area (Å²) in [4.78, 5) is 14.3. The van der Waals surface area contributed by atoms with Crippen LogP contribution in [0.4, 0.5) is 5.69 Å². The Kier molecular flexibility index (Phi) is 4.86. The molecule has 2 rings (SSSR count). The van der Waals surface area contributed by atoms with Crippen LogP contribution < -0.4 is 10.2 Å². The van der Waals surface area contributed by atoms with Gasteiger partial charge in [0.1, 0.15) is 0 Å². The summed E-state index contributed by atoms with van der Waals surface area (Å²) < 4.78 is 0. The highest BCUT2D eigenvalue weighted by molar-refractivity contribution is 6.30. The van der Waals surface area contributed by atoms with E-state index in [1.807, 2.05) is 74.4 Å². The molecule has 0 heterocycles. The van der Waals surface area contributed by atoms with E-state index in [1.54, 1.807) is 0 Å². The summed E-state index contributed by atoms with van der Waals surface area (Å²) in [6.45, 7) is 1.94. The molecule has 0 radical (unpaired) electrons. The minimum atomic E-state index is -0.0980. The quantitative estimate of drug-likeness (QED) is 0.929. The highest BCUT2D eigenvalue weighted by Gasteiger charge is 2.12. The van der Waals surface area contributed by atoms with Gasteiger partial charge in [-0.25, -0.2) is 0 Å². The molecule has 1 amide bonds. The number of rotatable bonds is 4. The monoisotopic (exact) mass is 302 g/mol. The van der Waals surface area contributed by atoms with Gasteiger partial charge in [0.2, 0.25) is 0 Å². The predicted molar refractivity (Wildman–Crippen MR) is 88.1 cm³/mol. The fourth-order valence-electron chi connectivity index (χ4n) is 2.06. The topological polar surface area (TPSA) is 32.3 Å². The number of anilines is 1. The second-order valence-electron chi connectivity index (χ2n) is 5.19. The molecule has 0 bridgehead atoms. The Balaban J connectivity index is 2.12. The Hall–Kier alpha value is -2.00. The number of carbonyl (C=O) groups excluding carboxylic acids is 1. The van der Waals surface area contributed by atoms with E-state index in [1.165, 1.54) is 0 Å². The van der Waals surface area contributed by atoms with Gasteiger partial charge in [-0.2, -0.15) is 0 Å². The second-order valence-corrected chi connectivity index (χ2v) is 5.63. The largest absolute Gasteiger partial charge is 0.378 e. The Labute approximate surface area is 130 Å². The molecule has 0 aliphatic rings. The molecule has 2 aromatic carbocycles. The normalized spacial score (nSPS) is 11.8. The first-order chi connectivity index (χ1) is 9.97. The smallest absolute Gasteiger partial charge is 0.251 e. The fourth-order valence-corrected chi connectivity index (χ4v) is 2.26. The Morgan fingerprint density at radius 2 is 1.86 bits per heavy atom. The van der Waals surface area contributed by atoms with Gasteiger partial charge in [0, 0.05) is 30.4 Å². The molecule has 1 N–H and O–H groups in total. The Morgan fingerprint density at radius 3 is 2.52 bits per heavy atom. The Morgan fingerprint density at radius 1 is 1.14 bits per heavy atom. The zero-order valence-corrected chi connectivity index (χ0v) is 13.2. The molecule has 110 valence electrons. The van der Waals surface area contributed by atoms with Gasteiger partial charge in [0.25, 0.3) is 5.91 Å². The molecule has 0 saturated carbocycles. The number of carbonyl (C=O) groups is 1. The third kappa shape index (κ3) is 3.99. The van der Waals surface area contributed by atoms with Gasteiger partial charge in [-0.15, -0.1) is 0 Å². The number of nitrogens with one attached hydrogen (secondary N) is 1. The summed E-state index contributed by atoms with van der Waals surface area (Å²) in [5.74, 6) is -0.0915. The molecular weight excluding hydrogens is 284 g/mol. The molecular formula is C17H19ClN2O. The average molecular weight is 303 g/mol. The van der Waals surface area contributed by atoms with Crippen LogP contribution in [0.5, 0.6) is 0 Å². The van der Waals surface area contributed by atoms with Crippen LogP contribution >= 0.6 is 11.6 Å². The summed E-state index contributed by atoms with van der Waals surface area (Å²) in [6, 6.07) is 15.0. The van der Waals surface area contributed by atoms with Crippen molar-refractivity contribution in [3.63, 3.8) is 0 Å². The van der Waals surface area contributed by atoms with Crippen LogP contribution in [0.3, 0.4) is 0 Å². The van der Waals surface area contributed by atoms with Gasteiger partial charge in [0.05, 0.1) is 6.04 Å². The maximum atomic E-state index is 12.3. The minimum Gasteiger partial charge on any atom is -0.378 e. The molecule has 0 aliphatic heterocycles. The van der Waals surface area contributed by atoms with Crippen LogP contribution in [0, 0.1) is 0 Å². The SMILES string of the molecule is C[C@@H](NC(=O)c1cccc(N(C)C)c1)c1cccc(Cl)c1. The van der Waals surface area contributed by atoms with Gasteiger partial charge in [0.15, 0.2) is 0 Å². The third-order valence-corrected chi connectivity index (χ3v) is 3.56. The number of nitrogens with zero attached hydrogens (tertiary/aromatic N) is 1. The maximum Gasteiger partial charge on any atom is 0.251 e. The van der Waals surface area contributed by atoms with Crippen molar-refractivity contribution in [2.75, 3.05) is 19.0 Å². The van der Waals surface area contributed by atoms with E-state index < -0.39 is 0 Å². The molecule has 0 spiro atoms. The van der Waals surface area contributed by atoms with Crippen LogP contribution in [-0.2, 0) is 0 Å². The second kappa shape index (κ2) is 6.64. The number of hydrogen-bond acceptors (Lipinski definition) is 2. The van der Waals surface area contributed by atoms with Gasteiger partial charge >= 0.3 is 0 Å². The van der Waals surface area contributed by atoms with E-state index in [4.69, 9.17) is 11.6 Å². The first-order valence-electron chi connectivity index (χ1n) is 6.81. The van der Waals surface area contributed by atoms with Crippen molar-refractivity contribution in [3.8, 4) is 0 Å². The molecule has 21 heavy (non-hydrogen) atoms. The summed E-state index contributed by atoms with van der Waals surface area (Å²) in [7, 11) is 3.90. The lowest BCUT2D eigenvalue weighted by Gasteiger charge is -2.16. The van der Waals surface area contributed by atoms with Gasteiger partial charge < -0.3 is 10.2 Å². The Bertz CT molecular complexity index is 640. The van der Waals surface area contributed by atoms with Crippen molar-refractivity contribution in [1.29, 1.82) is 0 Å². The first-order valence-corrected chi connectivity index (χ1v) is 7.19. The molecule has 0 fully saturated rings. The van der Waals surface area contributed by atoms with Crippen molar-refractivity contribution in [2.24, 2.45) is 0 Å². The highest BCUT2D eigenvalue weighted by Crippen LogP contribution is 2.19. The fraction of sp³-hybridized carbons (Fsp3) is 0.235. The molecule has 0 aliphatic carbocycles. The summed E-state index contributed by atoms with van der Waals surface area (Å²) in [5, 5.41) is 3.66. The highest BCUT2D eigenvalue weighted by atomic mass is 35.5. The van der Waals surface area contributed by atoms with Gasteiger partial charge in [-0.05, 0) is 42.8 Å². The third-order valence-electron chi connectivity index (χ3n) is 3.32. The molecule has 0 saturated heterocycles. The number of amides is 1. The van der Waals surface area contributed by atoms with Crippen LogP contribution in [0.1, 0.15) is 28.9 Å². The van der Waals surface area contributed by atoms with E-state index in [2.05, 4.69) is 5.32 Å². The lowest BCUT2D eigenvalue weighted by Crippen LogP contribution is -2.26. The van der Waals surface area contributed by atoms with Crippen LogP contribution in [0.15, 0.2) is 48.5 Å². The number of halogens is 1. The van der Waals surface area contributed by atoms with Crippen molar-refractivity contribution in [2.45, 2.75) is 13.0 Å². The maximum absolute atomic E-state index is 12.3. The standard InChI is InChI=1S/C17H19ClN2O/c1-12(13-6-4-8-15(18)10-13)19-17(21)14-7-5-9-16(11-14)20(2)3/h4-12H,1-3H3,(H,19,21)/t12-/m1/s1. The zero-order chi connectivity index (χ0) is 15.4. The lowest BCUT2D eigenvalue weighted by atomic mass is 10.1. The molecule has 3 nitrogen and oxygen atoms in total. The molecule has 1 atom stereocenters. The van der Waals surface area contributed by atoms with Crippen molar-refractivity contribution in [3.05, 3.63) is 64.7 Å². The minimum absolute atomic E-state index is 0.0915. The zero-order valence-electron chi connectivity index (χ0n) is 12.4. The van der Waals surface area contributed by atoms with E-state index in [0.717, 1.165) is 11.3 Å². The van der Waals surface area contributed by atoms with E-state index in [-0.39, 0.29) is 11.9 Å². The van der Waals surface area contributed by atoms with Crippen molar-refractivity contribution < 1.29 is 4.79 Å². The summed E-state index contributed by atoms with van der Waals surface area (Å²) in [6.07, 6.45) is 0. The van der Waals surface area contributed by atoms with Crippen LogP contribution in [0.25, 0.3) is 0 Å². The van der Waals surface area contributed by atoms with Crippen molar-refractivity contribution >= 4 is 23.2 Å². The molecule has 4 heteroatoms. The lowest BCUT2D eigenvalue weighted by molar-refractivity contribution is 0.0940. The van der Waals surface area contributed by atoms with E-state index in [0.29, 0.717) is 10.6 Å². The average Bonchev–Trinajstić information content (AvgIpc) is 2.47. The first kappa shape index (κ1) is 15.4. The summed E-state index contributed by atoms with van der Waals surface area (Å²) >= 11 is 5.98. The number of hydrogen-bond donors (Lipinski definition) is 1. The van der Waals surface area contributed by atoms with Gasteiger partial charge in [-0.1, -0.05) is 29.8 Å². The van der Waals surface area contributed by atoms with Gasteiger partial charge in [-0.3, -0.25) is 4.79 Å². The van der Waals surface area contributed by atoms with Crippen molar-refractivity contribution in [1.82, 2.24) is 5.32 Å². The molecule has 0 unspecified atom stereocenters. The van der Waals surface area contributed by atoms with Crippen LogP contribution in [0.2, 0.25) is 5.02 Å². The van der Waals surface area contributed by atoms with E-state index >= 15 is 0 Å².